The van der Waals surface area contributed by atoms with E-state index >= 15 is 0 Å². The number of nitrogens with zero attached hydrogens (tertiary/aromatic N) is 1. The first-order valence-corrected chi connectivity index (χ1v) is 7.27. The molecule has 1 fully saturated rings. The molecular weight excluding hydrogens is 382 g/mol. The van der Waals surface area contributed by atoms with Gasteiger partial charge in [-0.15, -0.1) is 24.8 Å². The van der Waals surface area contributed by atoms with E-state index in [9.17, 15) is 18.0 Å². The van der Waals surface area contributed by atoms with Gasteiger partial charge in [0.05, 0.1) is 23.0 Å². The monoisotopic (exact) mass is 403 g/mol. The summed E-state index contributed by atoms with van der Waals surface area (Å²) in [6, 6.07) is 3.25. The van der Waals surface area contributed by atoms with Gasteiger partial charge in [0.15, 0.2) is 0 Å². The van der Waals surface area contributed by atoms with E-state index in [2.05, 4.69) is 5.32 Å². The molecule has 0 bridgehead atoms. The number of amides is 1. The quantitative estimate of drug-likeness (QED) is 0.810. The maximum atomic E-state index is 12.9. The van der Waals surface area contributed by atoms with E-state index in [1.54, 1.807) is 19.0 Å². The fourth-order valence-electron chi connectivity index (χ4n) is 2.49. The van der Waals surface area contributed by atoms with E-state index in [1.165, 1.54) is 6.07 Å². The predicted octanol–water partition coefficient (Wildman–Crippen LogP) is 3.06. The van der Waals surface area contributed by atoms with Crippen LogP contribution in [0, 0.1) is 0 Å². The van der Waals surface area contributed by atoms with Crippen molar-refractivity contribution in [2.45, 2.75) is 31.2 Å². The molecule has 10 heteroatoms. The molecule has 1 saturated heterocycles. The number of nitrogens with two attached hydrogens (primary N) is 1. The summed E-state index contributed by atoms with van der Waals surface area (Å²) in [7, 11) is 3.38. The molecule has 0 aromatic heterocycles. The molecule has 25 heavy (non-hydrogen) atoms. The normalized spacial score (nSPS) is 19.6. The summed E-state index contributed by atoms with van der Waals surface area (Å²) in [5, 5.41) is 2.54. The van der Waals surface area contributed by atoms with Crippen molar-refractivity contribution in [1.82, 2.24) is 0 Å². The summed E-state index contributed by atoms with van der Waals surface area (Å²) in [4.78, 5) is 13.9. The van der Waals surface area contributed by atoms with Crippen molar-refractivity contribution < 1.29 is 22.7 Å². The standard InChI is InChI=1S/C15H20F3N3O2.2ClH/c1-21(2)12-5-3-9(15(16,17)18)7-11(12)20-14(22)13-6-4-10(8-19)23-13;;/h3,5,7,10,13H,4,6,8,19H2,1-2H3,(H,20,22);2*1H/t10-,13+;;/m1../s1. The molecule has 0 unspecified atom stereocenters. The second-order valence-corrected chi connectivity index (χ2v) is 5.67. The number of ether oxygens (including phenoxy) is 1. The smallest absolute Gasteiger partial charge is 0.376 e. The summed E-state index contributed by atoms with van der Waals surface area (Å²) < 4.78 is 44.1. The van der Waals surface area contributed by atoms with Crippen LogP contribution in [0.3, 0.4) is 0 Å². The Bertz CT molecular complexity index is 586. The average Bonchev–Trinajstić information content (AvgIpc) is 2.95. The van der Waals surface area contributed by atoms with Crippen LogP contribution in [0.25, 0.3) is 0 Å². The van der Waals surface area contributed by atoms with Crippen molar-refractivity contribution in [2.75, 3.05) is 30.9 Å². The van der Waals surface area contributed by atoms with Crippen molar-refractivity contribution in [3.8, 4) is 0 Å². The van der Waals surface area contributed by atoms with Gasteiger partial charge in [-0.2, -0.15) is 13.2 Å². The highest BCUT2D eigenvalue weighted by Gasteiger charge is 2.33. The van der Waals surface area contributed by atoms with Gasteiger partial charge in [0.25, 0.3) is 5.91 Å². The van der Waals surface area contributed by atoms with E-state index in [1.807, 2.05) is 0 Å². The molecule has 0 radical (unpaired) electrons. The van der Waals surface area contributed by atoms with Crippen molar-refractivity contribution in [3.63, 3.8) is 0 Å². The fraction of sp³-hybridized carbons (Fsp3) is 0.533. The lowest BCUT2D eigenvalue weighted by atomic mass is 10.1. The van der Waals surface area contributed by atoms with Gasteiger partial charge in [-0.3, -0.25) is 4.79 Å². The van der Waals surface area contributed by atoms with Gasteiger partial charge < -0.3 is 20.7 Å². The highest BCUT2D eigenvalue weighted by atomic mass is 35.5. The van der Waals surface area contributed by atoms with Gasteiger partial charge in [0.2, 0.25) is 0 Å². The summed E-state index contributed by atoms with van der Waals surface area (Å²) in [6.45, 7) is 0.316. The second kappa shape index (κ2) is 9.47. The summed E-state index contributed by atoms with van der Waals surface area (Å²) in [6.07, 6.45) is -4.17. The second-order valence-electron chi connectivity index (χ2n) is 5.67. The lowest BCUT2D eigenvalue weighted by molar-refractivity contribution is -0.137. The van der Waals surface area contributed by atoms with Gasteiger partial charge in [-0.1, -0.05) is 0 Å². The third kappa shape index (κ3) is 5.91. The maximum Gasteiger partial charge on any atom is 0.416 e. The number of alkyl halides is 3. The van der Waals surface area contributed by atoms with E-state index in [-0.39, 0.29) is 36.6 Å². The zero-order valence-corrected chi connectivity index (χ0v) is 15.4. The molecule has 1 aliphatic heterocycles. The van der Waals surface area contributed by atoms with E-state index < -0.39 is 23.8 Å². The summed E-state index contributed by atoms with van der Waals surface area (Å²) in [5.74, 6) is -0.455. The lowest BCUT2D eigenvalue weighted by Gasteiger charge is -2.21. The number of anilines is 2. The topological polar surface area (TPSA) is 67.6 Å². The van der Waals surface area contributed by atoms with Crippen LogP contribution < -0.4 is 16.0 Å². The highest BCUT2D eigenvalue weighted by molar-refractivity contribution is 5.97. The van der Waals surface area contributed by atoms with Crippen LogP contribution in [0.5, 0.6) is 0 Å². The molecule has 0 saturated carbocycles. The van der Waals surface area contributed by atoms with Crippen molar-refractivity contribution in [3.05, 3.63) is 23.8 Å². The molecule has 1 aromatic rings. The first-order chi connectivity index (χ1) is 10.7. The molecule has 2 atom stereocenters. The van der Waals surface area contributed by atoms with Gasteiger partial charge in [0, 0.05) is 20.6 Å². The molecule has 5 nitrogen and oxygen atoms in total. The Morgan fingerprint density at radius 2 is 1.96 bits per heavy atom. The van der Waals surface area contributed by atoms with Crippen LogP contribution in [0.1, 0.15) is 18.4 Å². The van der Waals surface area contributed by atoms with Crippen LogP contribution in [0.2, 0.25) is 0 Å². The molecular formula is C15H22Cl2F3N3O2. The van der Waals surface area contributed by atoms with Crippen molar-refractivity contribution in [1.29, 1.82) is 0 Å². The van der Waals surface area contributed by atoms with Crippen LogP contribution >= 0.6 is 24.8 Å². The zero-order valence-electron chi connectivity index (χ0n) is 13.8. The van der Waals surface area contributed by atoms with Crippen molar-refractivity contribution in [2.24, 2.45) is 5.73 Å². The SMILES string of the molecule is CN(C)c1ccc(C(F)(F)F)cc1NC(=O)[C@@H]1CC[C@H](CN)O1.Cl.Cl. The third-order valence-electron chi connectivity index (χ3n) is 3.73. The zero-order chi connectivity index (χ0) is 17.2. The van der Waals surface area contributed by atoms with Gasteiger partial charge in [-0.05, 0) is 31.0 Å². The molecule has 1 aliphatic rings. The Morgan fingerprint density at radius 1 is 1.32 bits per heavy atom. The van der Waals surface area contributed by atoms with E-state index in [0.717, 1.165) is 12.1 Å². The Morgan fingerprint density at radius 3 is 2.44 bits per heavy atom. The minimum Gasteiger partial charge on any atom is -0.376 e. The number of hydrogen-bond acceptors (Lipinski definition) is 4. The van der Waals surface area contributed by atoms with Gasteiger partial charge in [0.1, 0.15) is 6.10 Å². The Hall–Kier alpha value is -1.22. The Balaban J connectivity index is 0.00000288. The Kier molecular flexibility index (Phi) is 9.01. The molecule has 2 rings (SSSR count). The minimum absolute atomic E-state index is 0. The molecule has 144 valence electrons. The fourth-order valence-corrected chi connectivity index (χ4v) is 2.49. The van der Waals surface area contributed by atoms with E-state index in [0.29, 0.717) is 25.1 Å². The predicted molar refractivity (Wildman–Crippen MR) is 95.8 cm³/mol. The number of hydrogen-bond donors (Lipinski definition) is 2. The van der Waals surface area contributed by atoms with Gasteiger partial charge in [-0.25, -0.2) is 0 Å². The molecule has 1 amide bonds. The van der Waals surface area contributed by atoms with Crippen LogP contribution in [-0.4, -0.2) is 38.8 Å². The van der Waals surface area contributed by atoms with Crippen LogP contribution in [-0.2, 0) is 15.7 Å². The molecule has 1 heterocycles. The largest absolute Gasteiger partial charge is 0.416 e. The first-order valence-electron chi connectivity index (χ1n) is 7.27. The third-order valence-corrected chi connectivity index (χ3v) is 3.73. The van der Waals surface area contributed by atoms with Gasteiger partial charge >= 0.3 is 6.18 Å². The van der Waals surface area contributed by atoms with E-state index in [4.69, 9.17) is 10.5 Å². The van der Waals surface area contributed by atoms with Crippen molar-refractivity contribution >= 4 is 42.1 Å². The molecule has 1 aromatic carbocycles. The lowest BCUT2D eigenvalue weighted by Crippen LogP contribution is -2.30. The van der Waals surface area contributed by atoms with Crippen LogP contribution in [0.4, 0.5) is 24.5 Å². The number of halogens is 5. The first kappa shape index (κ1) is 23.8. The molecule has 0 spiro atoms. The summed E-state index contributed by atoms with van der Waals surface area (Å²) >= 11 is 0. The average molecular weight is 404 g/mol. The highest BCUT2D eigenvalue weighted by Crippen LogP contribution is 2.35. The number of carbonyl (C=O) groups is 1. The molecule has 0 aliphatic carbocycles. The maximum absolute atomic E-state index is 12.9. The number of rotatable bonds is 4. The van der Waals surface area contributed by atoms with Crippen LogP contribution in [0.15, 0.2) is 18.2 Å². The summed E-state index contributed by atoms with van der Waals surface area (Å²) in [5.41, 5.74) is 5.27. The molecule has 3 N–H and O–H groups in total. The minimum atomic E-state index is -4.47. The number of carbonyl (C=O) groups excluding carboxylic acids is 1. The Labute approximate surface area is 156 Å². The number of nitrogens with one attached hydrogen (secondary N) is 1. The number of benzene rings is 1.